The lowest BCUT2D eigenvalue weighted by molar-refractivity contribution is 0.0992. The Bertz CT molecular complexity index is 1200. The minimum absolute atomic E-state index is 0.0222. The molecule has 1 aromatic carbocycles. The fourth-order valence-corrected chi connectivity index (χ4v) is 3.92. The zero-order valence-electron chi connectivity index (χ0n) is 17.0. The van der Waals surface area contributed by atoms with Crippen molar-refractivity contribution in [2.75, 3.05) is 18.4 Å². The molecule has 0 amide bonds. The van der Waals surface area contributed by atoms with Crippen molar-refractivity contribution in [1.29, 1.82) is 0 Å². The van der Waals surface area contributed by atoms with Gasteiger partial charge >= 0.3 is 0 Å². The maximum atomic E-state index is 12.9. The third kappa shape index (κ3) is 4.46. The Morgan fingerprint density at radius 1 is 1.06 bits per heavy atom. The number of anilines is 1. The van der Waals surface area contributed by atoms with E-state index in [4.69, 9.17) is 4.42 Å². The van der Waals surface area contributed by atoms with Gasteiger partial charge in [-0.05, 0) is 55.6 Å². The normalized spacial score (nSPS) is 14.6. The molecule has 0 saturated carbocycles. The van der Waals surface area contributed by atoms with Crippen LogP contribution in [0.15, 0.2) is 65.8 Å². The van der Waals surface area contributed by atoms with Crippen molar-refractivity contribution < 1.29 is 9.21 Å². The molecule has 4 heterocycles. The van der Waals surface area contributed by atoms with E-state index in [1.165, 1.54) is 6.39 Å². The van der Waals surface area contributed by atoms with E-state index in [1.54, 1.807) is 24.7 Å². The standard InChI is InChI=1S/C24H23N5O2/c30-22(16-3-8-27-24(11-16)29-20-4-6-25-7-5-20)12-21-10-19-9-17(23-14-26-15-31-23)1-2-18(19)13-28-21/h1-3,8-11,13-15,20,25H,4-7,12H2,(H,27,29). The summed E-state index contributed by atoms with van der Waals surface area (Å²) in [6.07, 6.45) is 8.94. The van der Waals surface area contributed by atoms with Crippen LogP contribution in [0.5, 0.6) is 0 Å². The number of benzene rings is 1. The molecule has 0 unspecified atom stereocenters. The van der Waals surface area contributed by atoms with Crippen molar-refractivity contribution in [3.8, 4) is 11.3 Å². The smallest absolute Gasteiger partial charge is 0.181 e. The molecule has 1 saturated heterocycles. The Morgan fingerprint density at radius 3 is 2.81 bits per heavy atom. The molecule has 31 heavy (non-hydrogen) atoms. The summed E-state index contributed by atoms with van der Waals surface area (Å²) in [4.78, 5) is 25.8. The largest absolute Gasteiger partial charge is 0.444 e. The highest BCUT2D eigenvalue weighted by Crippen LogP contribution is 2.24. The second-order valence-corrected chi connectivity index (χ2v) is 7.80. The van der Waals surface area contributed by atoms with E-state index >= 15 is 0 Å². The molecular formula is C24H23N5O2. The van der Waals surface area contributed by atoms with Crippen molar-refractivity contribution in [3.05, 3.63) is 72.6 Å². The second-order valence-electron chi connectivity index (χ2n) is 7.80. The maximum Gasteiger partial charge on any atom is 0.181 e. The third-order valence-corrected chi connectivity index (χ3v) is 5.61. The third-order valence-electron chi connectivity index (χ3n) is 5.61. The van der Waals surface area contributed by atoms with Crippen LogP contribution >= 0.6 is 0 Å². The van der Waals surface area contributed by atoms with E-state index in [0.717, 1.165) is 53.8 Å². The van der Waals surface area contributed by atoms with Crippen LogP contribution in [-0.2, 0) is 6.42 Å². The molecule has 0 aliphatic carbocycles. The van der Waals surface area contributed by atoms with Crippen LogP contribution in [0.4, 0.5) is 5.82 Å². The molecule has 3 aromatic heterocycles. The first-order valence-electron chi connectivity index (χ1n) is 10.5. The number of nitrogens with one attached hydrogen (secondary N) is 2. The monoisotopic (exact) mass is 413 g/mol. The number of aromatic nitrogens is 3. The van der Waals surface area contributed by atoms with Crippen LogP contribution in [-0.4, -0.2) is 39.9 Å². The summed E-state index contributed by atoms with van der Waals surface area (Å²) in [7, 11) is 0. The Balaban J connectivity index is 1.33. The number of hydrogen-bond acceptors (Lipinski definition) is 7. The summed E-state index contributed by atoms with van der Waals surface area (Å²) < 4.78 is 5.39. The van der Waals surface area contributed by atoms with Gasteiger partial charge < -0.3 is 15.1 Å². The fraction of sp³-hybridized carbons (Fsp3) is 0.250. The quantitative estimate of drug-likeness (QED) is 0.464. The van der Waals surface area contributed by atoms with E-state index in [9.17, 15) is 4.79 Å². The highest BCUT2D eigenvalue weighted by atomic mass is 16.3. The number of pyridine rings is 2. The highest BCUT2D eigenvalue weighted by molar-refractivity contribution is 5.98. The first-order valence-corrected chi connectivity index (χ1v) is 10.5. The second kappa shape index (κ2) is 8.65. The summed E-state index contributed by atoms with van der Waals surface area (Å²) >= 11 is 0. The average molecular weight is 413 g/mol. The number of fused-ring (bicyclic) bond motifs is 1. The Kier molecular flexibility index (Phi) is 5.41. The number of oxazole rings is 1. The van der Waals surface area contributed by atoms with Crippen LogP contribution in [0.3, 0.4) is 0 Å². The van der Waals surface area contributed by atoms with Crippen molar-refractivity contribution in [2.45, 2.75) is 25.3 Å². The molecule has 1 aliphatic heterocycles. The first kappa shape index (κ1) is 19.4. The van der Waals surface area contributed by atoms with Gasteiger partial charge in [-0.3, -0.25) is 9.78 Å². The van der Waals surface area contributed by atoms with Crippen LogP contribution in [0, 0.1) is 0 Å². The van der Waals surface area contributed by atoms with Crippen molar-refractivity contribution >= 4 is 22.4 Å². The summed E-state index contributed by atoms with van der Waals surface area (Å²) in [6, 6.07) is 11.9. The number of rotatable bonds is 6. The average Bonchev–Trinajstić information content (AvgIpc) is 3.34. The topological polar surface area (TPSA) is 92.9 Å². The molecule has 0 spiro atoms. The Morgan fingerprint density at radius 2 is 1.97 bits per heavy atom. The molecule has 7 nitrogen and oxygen atoms in total. The maximum absolute atomic E-state index is 12.9. The molecular weight excluding hydrogens is 390 g/mol. The number of Topliss-reactive ketones (excluding diaryl/α,β-unsaturated/α-hetero) is 1. The van der Waals surface area contributed by atoms with Crippen LogP contribution in [0.1, 0.15) is 28.9 Å². The van der Waals surface area contributed by atoms with Crippen LogP contribution < -0.4 is 10.6 Å². The molecule has 2 N–H and O–H groups in total. The zero-order valence-corrected chi connectivity index (χ0v) is 17.0. The number of nitrogens with zero attached hydrogens (tertiary/aromatic N) is 3. The first-order chi connectivity index (χ1) is 15.2. The number of ketones is 1. The van der Waals surface area contributed by atoms with Gasteiger partial charge in [-0.2, -0.15) is 0 Å². The molecule has 0 bridgehead atoms. The lowest BCUT2D eigenvalue weighted by Gasteiger charge is -2.24. The molecule has 5 rings (SSSR count). The predicted molar refractivity (Wildman–Crippen MR) is 119 cm³/mol. The SMILES string of the molecule is O=C(Cc1cc2cc(-c3cnco3)ccc2cn1)c1ccnc(NC2CCNCC2)c1. The molecule has 0 atom stereocenters. The summed E-state index contributed by atoms with van der Waals surface area (Å²) in [5, 5.41) is 8.82. The number of carbonyl (C=O) groups excluding carboxylic acids is 1. The van der Waals surface area contributed by atoms with Gasteiger partial charge in [0.05, 0.1) is 12.6 Å². The minimum atomic E-state index is 0.0222. The number of hydrogen-bond donors (Lipinski definition) is 2. The summed E-state index contributed by atoms with van der Waals surface area (Å²) in [5.74, 6) is 1.48. The number of carbonyl (C=O) groups is 1. The van der Waals surface area contributed by atoms with Gasteiger partial charge in [0, 0.05) is 40.6 Å². The van der Waals surface area contributed by atoms with E-state index in [1.807, 2.05) is 30.3 Å². The van der Waals surface area contributed by atoms with Gasteiger partial charge in [-0.15, -0.1) is 0 Å². The summed E-state index contributed by atoms with van der Waals surface area (Å²) in [5.41, 5.74) is 2.32. The van der Waals surface area contributed by atoms with Gasteiger partial charge in [0.25, 0.3) is 0 Å². The van der Waals surface area contributed by atoms with Gasteiger partial charge in [0.15, 0.2) is 17.9 Å². The molecule has 156 valence electrons. The lowest BCUT2D eigenvalue weighted by Crippen LogP contribution is -2.35. The Labute approximate surface area is 179 Å². The van der Waals surface area contributed by atoms with Crippen molar-refractivity contribution in [1.82, 2.24) is 20.3 Å². The zero-order chi connectivity index (χ0) is 21.0. The molecule has 4 aromatic rings. The molecule has 0 radical (unpaired) electrons. The van der Waals surface area contributed by atoms with Gasteiger partial charge in [-0.1, -0.05) is 12.1 Å². The Hall–Kier alpha value is -3.58. The minimum Gasteiger partial charge on any atom is -0.444 e. The number of piperidine rings is 1. The fourth-order valence-electron chi connectivity index (χ4n) is 3.92. The van der Waals surface area contributed by atoms with Crippen LogP contribution in [0.2, 0.25) is 0 Å². The predicted octanol–water partition coefficient (Wildman–Crippen LogP) is 3.87. The van der Waals surface area contributed by atoms with Crippen molar-refractivity contribution in [3.63, 3.8) is 0 Å². The highest BCUT2D eigenvalue weighted by Gasteiger charge is 2.15. The summed E-state index contributed by atoms with van der Waals surface area (Å²) in [6.45, 7) is 2.00. The molecule has 1 fully saturated rings. The van der Waals surface area contributed by atoms with Gasteiger partial charge in [0.1, 0.15) is 5.82 Å². The van der Waals surface area contributed by atoms with Crippen LogP contribution in [0.25, 0.3) is 22.1 Å². The van der Waals surface area contributed by atoms with E-state index < -0.39 is 0 Å². The van der Waals surface area contributed by atoms with Crippen molar-refractivity contribution in [2.24, 2.45) is 0 Å². The van der Waals surface area contributed by atoms with E-state index in [-0.39, 0.29) is 12.2 Å². The van der Waals surface area contributed by atoms with E-state index in [0.29, 0.717) is 17.4 Å². The molecule has 7 heteroatoms. The molecule has 1 aliphatic rings. The van der Waals surface area contributed by atoms with E-state index in [2.05, 4.69) is 25.6 Å². The lowest BCUT2D eigenvalue weighted by atomic mass is 10.0. The van der Waals surface area contributed by atoms with Gasteiger partial charge in [0.2, 0.25) is 0 Å². The van der Waals surface area contributed by atoms with Gasteiger partial charge in [-0.25, -0.2) is 9.97 Å².